The van der Waals surface area contributed by atoms with Crippen LogP contribution in [-0.2, 0) is 13.0 Å². The number of nitrogens with zero attached hydrogens (tertiary/aromatic N) is 6. The van der Waals surface area contributed by atoms with E-state index in [2.05, 4.69) is 54.1 Å². The average molecular weight is 390 g/mol. The van der Waals surface area contributed by atoms with E-state index in [-0.39, 0.29) is 0 Å². The Morgan fingerprint density at radius 2 is 1.72 bits per heavy atom. The van der Waals surface area contributed by atoms with Crippen LogP contribution in [0.25, 0.3) is 0 Å². The number of rotatable bonds is 6. The predicted molar refractivity (Wildman–Crippen MR) is 116 cm³/mol. The molecule has 4 heterocycles. The normalized spacial score (nSPS) is 14.1. The molecule has 0 aromatic carbocycles. The lowest BCUT2D eigenvalue weighted by Gasteiger charge is -2.36. The number of nitrogens with one attached hydrogen (secondary N) is 1. The Kier molecular flexibility index (Phi) is 5.84. The smallest absolute Gasteiger partial charge is 0.223 e. The first-order valence-electron chi connectivity index (χ1n) is 10.2. The molecule has 3 aromatic rings. The molecule has 0 bridgehead atoms. The van der Waals surface area contributed by atoms with Gasteiger partial charge in [0.05, 0.1) is 0 Å². The second-order valence-electron chi connectivity index (χ2n) is 7.18. The predicted octanol–water partition coefficient (Wildman–Crippen LogP) is 3.08. The van der Waals surface area contributed by atoms with Crippen molar-refractivity contribution in [1.82, 2.24) is 19.9 Å². The van der Waals surface area contributed by atoms with E-state index in [9.17, 15) is 0 Å². The Balaban J connectivity index is 1.42. The zero-order valence-electron chi connectivity index (χ0n) is 17.0. The summed E-state index contributed by atoms with van der Waals surface area (Å²) in [6.07, 6.45) is 6.50. The van der Waals surface area contributed by atoms with Crippen molar-refractivity contribution in [2.24, 2.45) is 0 Å². The second-order valence-corrected chi connectivity index (χ2v) is 7.18. The van der Waals surface area contributed by atoms with Crippen molar-refractivity contribution in [2.75, 3.05) is 41.3 Å². The van der Waals surface area contributed by atoms with Crippen LogP contribution < -0.4 is 15.1 Å². The molecule has 7 heteroatoms. The van der Waals surface area contributed by atoms with Crippen LogP contribution in [0, 0.1) is 6.92 Å². The van der Waals surface area contributed by atoms with Gasteiger partial charge in [0.2, 0.25) is 5.95 Å². The minimum Gasteiger partial charge on any atom is -0.353 e. The van der Waals surface area contributed by atoms with Gasteiger partial charge >= 0.3 is 0 Å². The zero-order chi connectivity index (χ0) is 20.1. The summed E-state index contributed by atoms with van der Waals surface area (Å²) in [5.41, 5.74) is 3.37. The molecule has 0 aliphatic carbocycles. The number of hydrogen-bond donors (Lipinski definition) is 1. The van der Waals surface area contributed by atoms with Crippen molar-refractivity contribution in [3.05, 3.63) is 65.7 Å². The quantitative estimate of drug-likeness (QED) is 0.695. The summed E-state index contributed by atoms with van der Waals surface area (Å²) in [5, 5.41) is 3.37. The molecule has 1 aliphatic rings. The van der Waals surface area contributed by atoms with Crippen molar-refractivity contribution < 1.29 is 0 Å². The third-order valence-corrected chi connectivity index (χ3v) is 5.27. The summed E-state index contributed by atoms with van der Waals surface area (Å²) >= 11 is 0. The molecule has 0 saturated carbocycles. The van der Waals surface area contributed by atoms with Gasteiger partial charge in [-0.3, -0.25) is 0 Å². The molecule has 29 heavy (non-hydrogen) atoms. The van der Waals surface area contributed by atoms with E-state index >= 15 is 0 Å². The standard InChI is InChI=1S/C22H27N7/c1-3-19-17(2)15-25-22(27-19)26-16-18-7-6-10-24-21(18)29-13-11-28(12-14-29)20-8-4-5-9-23-20/h4-10,15H,3,11-14,16H2,1-2H3,(H,25,26,27). The van der Waals surface area contributed by atoms with Crippen molar-refractivity contribution >= 4 is 17.6 Å². The minimum absolute atomic E-state index is 0.649. The van der Waals surface area contributed by atoms with Crippen LogP contribution in [-0.4, -0.2) is 46.1 Å². The number of hydrogen-bond acceptors (Lipinski definition) is 7. The van der Waals surface area contributed by atoms with E-state index in [1.807, 2.05) is 43.7 Å². The summed E-state index contributed by atoms with van der Waals surface area (Å²) in [5.74, 6) is 2.74. The van der Waals surface area contributed by atoms with Crippen molar-refractivity contribution in [3.8, 4) is 0 Å². The Morgan fingerprint density at radius 1 is 0.931 bits per heavy atom. The van der Waals surface area contributed by atoms with E-state index in [4.69, 9.17) is 0 Å². The molecule has 150 valence electrons. The molecular formula is C22H27N7. The van der Waals surface area contributed by atoms with E-state index in [1.165, 1.54) is 0 Å². The van der Waals surface area contributed by atoms with Gasteiger partial charge < -0.3 is 15.1 Å². The third-order valence-electron chi connectivity index (χ3n) is 5.27. The maximum Gasteiger partial charge on any atom is 0.223 e. The highest BCUT2D eigenvalue weighted by Crippen LogP contribution is 2.21. The highest BCUT2D eigenvalue weighted by atomic mass is 15.3. The van der Waals surface area contributed by atoms with Gasteiger partial charge in [0.25, 0.3) is 0 Å². The maximum absolute atomic E-state index is 4.67. The van der Waals surface area contributed by atoms with Crippen molar-refractivity contribution in [1.29, 1.82) is 0 Å². The molecule has 3 aromatic heterocycles. The van der Waals surface area contributed by atoms with Gasteiger partial charge in [0, 0.05) is 62.6 Å². The molecule has 1 N–H and O–H groups in total. The lowest BCUT2D eigenvalue weighted by molar-refractivity contribution is 0.639. The zero-order valence-corrected chi connectivity index (χ0v) is 17.0. The molecule has 0 atom stereocenters. The van der Waals surface area contributed by atoms with Crippen molar-refractivity contribution in [3.63, 3.8) is 0 Å². The first-order chi connectivity index (χ1) is 14.2. The first kappa shape index (κ1) is 19.1. The highest BCUT2D eigenvalue weighted by Gasteiger charge is 2.20. The van der Waals surface area contributed by atoms with Crippen LogP contribution in [0.2, 0.25) is 0 Å². The molecule has 1 fully saturated rings. The summed E-state index contributed by atoms with van der Waals surface area (Å²) in [6, 6.07) is 10.2. The monoisotopic (exact) mass is 389 g/mol. The van der Waals surface area contributed by atoms with E-state index < -0.39 is 0 Å². The van der Waals surface area contributed by atoms with E-state index in [1.54, 1.807) is 0 Å². The third kappa shape index (κ3) is 4.45. The molecular weight excluding hydrogens is 362 g/mol. The fraction of sp³-hybridized carbons (Fsp3) is 0.364. The number of aryl methyl sites for hydroxylation is 2. The van der Waals surface area contributed by atoms with Gasteiger partial charge in [-0.1, -0.05) is 19.1 Å². The maximum atomic E-state index is 4.67. The van der Waals surface area contributed by atoms with Crippen LogP contribution in [0.5, 0.6) is 0 Å². The number of aromatic nitrogens is 4. The number of anilines is 3. The molecule has 7 nitrogen and oxygen atoms in total. The first-order valence-corrected chi connectivity index (χ1v) is 10.2. The van der Waals surface area contributed by atoms with Gasteiger partial charge in [-0.25, -0.2) is 19.9 Å². The van der Waals surface area contributed by atoms with Gasteiger partial charge in [-0.05, 0) is 37.1 Å². The molecule has 0 unspecified atom stereocenters. The number of piperazine rings is 1. The molecule has 1 aliphatic heterocycles. The largest absolute Gasteiger partial charge is 0.353 e. The SMILES string of the molecule is CCc1nc(NCc2cccnc2N2CCN(c3ccccn3)CC2)ncc1C. The molecule has 1 saturated heterocycles. The van der Waals surface area contributed by atoms with Gasteiger partial charge in [0.1, 0.15) is 11.6 Å². The summed E-state index contributed by atoms with van der Waals surface area (Å²) in [6.45, 7) is 8.51. The Labute approximate surface area is 171 Å². The highest BCUT2D eigenvalue weighted by molar-refractivity contribution is 5.50. The lowest BCUT2D eigenvalue weighted by atomic mass is 10.2. The van der Waals surface area contributed by atoms with E-state index in [0.29, 0.717) is 12.5 Å². The minimum atomic E-state index is 0.649. The van der Waals surface area contributed by atoms with Crippen molar-refractivity contribution in [2.45, 2.75) is 26.8 Å². The topological polar surface area (TPSA) is 70.1 Å². The second kappa shape index (κ2) is 8.86. The van der Waals surface area contributed by atoms with Gasteiger partial charge in [-0.15, -0.1) is 0 Å². The molecule has 0 radical (unpaired) electrons. The van der Waals surface area contributed by atoms with Crippen LogP contribution in [0.1, 0.15) is 23.7 Å². The summed E-state index contributed by atoms with van der Waals surface area (Å²) in [7, 11) is 0. The fourth-order valence-corrected chi connectivity index (χ4v) is 3.64. The fourth-order valence-electron chi connectivity index (χ4n) is 3.64. The Hall–Kier alpha value is -3.22. The number of pyridine rings is 2. The van der Waals surface area contributed by atoms with Gasteiger partial charge in [-0.2, -0.15) is 0 Å². The van der Waals surface area contributed by atoms with Crippen LogP contribution in [0.3, 0.4) is 0 Å². The van der Waals surface area contributed by atoms with Crippen LogP contribution >= 0.6 is 0 Å². The van der Waals surface area contributed by atoms with E-state index in [0.717, 1.165) is 61.1 Å². The molecule has 4 rings (SSSR count). The molecule has 0 spiro atoms. The Bertz CT molecular complexity index is 937. The van der Waals surface area contributed by atoms with Gasteiger partial charge in [0.15, 0.2) is 0 Å². The summed E-state index contributed by atoms with van der Waals surface area (Å²) in [4.78, 5) is 22.9. The van der Waals surface area contributed by atoms with Crippen LogP contribution in [0.4, 0.5) is 17.6 Å². The summed E-state index contributed by atoms with van der Waals surface area (Å²) < 4.78 is 0. The average Bonchev–Trinajstić information content (AvgIpc) is 2.79. The Morgan fingerprint density at radius 3 is 2.48 bits per heavy atom. The lowest BCUT2D eigenvalue weighted by Crippen LogP contribution is -2.47. The van der Waals surface area contributed by atoms with Crippen LogP contribution in [0.15, 0.2) is 48.9 Å². The molecule has 0 amide bonds.